The molecule has 1 saturated heterocycles. The van der Waals surface area contributed by atoms with Gasteiger partial charge in [0, 0.05) is 24.5 Å². The number of rotatable bonds is 6. The zero-order valence-corrected chi connectivity index (χ0v) is 19.4. The van der Waals surface area contributed by atoms with Gasteiger partial charge in [-0.15, -0.1) is 5.10 Å². The van der Waals surface area contributed by atoms with E-state index in [-0.39, 0.29) is 29.0 Å². The molecule has 1 aliphatic rings. The van der Waals surface area contributed by atoms with Crippen molar-refractivity contribution in [1.29, 1.82) is 0 Å². The Morgan fingerprint density at radius 1 is 1.09 bits per heavy atom. The van der Waals surface area contributed by atoms with Crippen LogP contribution in [0.3, 0.4) is 0 Å². The van der Waals surface area contributed by atoms with Crippen LogP contribution in [0.4, 0.5) is 20.7 Å². The predicted molar refractivity (Wildman–Crippen MR) is 128 cm³/mol. The summed E-state index contributed by atoms with van der Waals surface area (Å²) in [6.45, 7) is 4.63. The van der Waals surface area contributed by atoms with Crippen LogP contribution in [0.1, 0.15) is 48.5 Å². The third-order valence-corrected chi connectivity index (χ3v) is 5.93. The Kier molecular flexibility index (Phi) is 6.81. The third-order valence-electron chi connectivity index (χ3n) is 5.93. The number of anilines is 2. The molecule has 4 rings (SSSR count). The van der Waals surface area contributed by atoms with Crippen LogP contribution >= 0.6 is 0 Å². The first-order valence-electron chi connectivity index (χ1n) is 11.3. The summed E-state index contributed by atoms with van der Waals surface area (Å²) in [6.07, 6.45) is 2.65. The molecule has 0 radical (unpaired) electrons. The van der Waals surface area contributed by atoms with Crippen molar-refractivity contribution in [2.45, 2.75) is 38.6 Å². The van der Waals surface area contributed by atoms with Crippen molar-refractivity contribution in [3.63, 3.8) is 0 Å². The molecule has 2 aromatic carbocycles. The number of benzene rings is 2. The fourth-order valence-corrected chi connectivity index (χ4v) is 3.99. The zero-order chi connectivity index (χ0) is 25.1. The highest BCUT2D eigenvalue weighted by atomic mass is 19.1. The number of carboxylic acid groups (broad SMARTS) is 1. The molecule has 1 atom stereocenters. The highest BCUT2D eigenvalue weighted by Crippen LogP contribution is 2.23. The maximum absolute atomic E-state index is 14.3. The number of carbonyl (C=O) groups excluding carboxylic acids is 2. The van der Waals surface area contributed by atoms with Crippen molar-refractivity contribution >= 4 is 29.4 Å². The van der Waals surface area contributed by atoms with Gasteiger partial charge in [-0.3, -0.25) is 4.79 Å². The Hall–Kier alpha value is -4.21. The van der Waals surface area contributed by atoms with Crippen LogP contribution in [0, 0.1) is 5.82 Å². The number of urea groups is 1. The molecular formula is C25H26FN5O4. The van der Waals surface area contributed by atoms with E-state index in [0.717, 1.165) is 6.07 Å². The molecule has 10 heteroatoms. The summed E-state index contributed by atoms with van der Waals surface area (Å²) < 4.78 is 15.5. The molecule has 1 fully saturated rings. The summed E-state index contributed by atoms with van der Waals surface area (Å²) in [5.41, 5.74) is 1.68. The van der Waals surface area contributed by atoms with E-state index in [2.05, 4.69) is 29.6 Å². The van der Waals surface area contributed by atoms with Gasteiger partial charge >= 0.3 is 12.0 Å². The van der Waals surface area contributed by atoms with Gasteiger partial charge in [0.1, 0.15) is 17.5 Å². The number of carbonyl (C=O) groups is 3. The molecule has 1 aliphatic heterocycles. The number of carboxylic acids is 1. The van der Waals surface area contributed by atoms with E-state index in [0.29, 0.717) is 31.0 Å². The highest BCUT2D eigenvalue weighted by Gasteiger charge is 2.34. The first-order valence-corrected chi connectivity index (χ1v) is 11.3. The zero-order valence-electron chi connectivity index (χ0n) is 19.4. The third kappa shape index (κ3) is 5.32. The fraction of sp³-hybridized carbons (Fsp3) is 0.280. The minimum absolute atomic E-state index is 0.0425. The molecule has 3 amide bonds. The second kappa shape index (κ2) is 9.96. The summed E-state index contributed by atoms with van der Waals surface area (Å²) in [7, 11) is 0. The number of nitrogens with one attached hydrogen (secondary N) is 2. The number of hydrogen-bond donors (Lipinski definition) is 3. The Labute approximate surface area is 201 Å². The quantitative estimate of drug-likeness (QED) is 0.482. The van der Waals surface area contributed by atoms with Crippen LogP contribution in [-0.4, -0.2) is 50.3 Å². The molecule has 0 aliphatic carbocycles. The summed E-state index contributed by atoms with van der Waals surface area (Å²) in [6, 6.07) is 11.6. The smallest absolute Gasteiger partial charge is 0.335 e. The lowest BCUT2D eigenvalue weighted by Gasteiger charge is -2.24. The average molecular weight is 480 g/mol. The Balaban J connectivity index is 1.41. The molecule has 0 bridgehead atoms. The van der Waals surface area contributed by atoms with E-state index in [9.17, 15) is 18.8 Å². The van der Waals surface area contributed by atoms with Crippen molar-refractivity contribution in [3.05, 3.63) is 71.7 Å². The van der Waals surface area contributed by atoms with Gasteiger partial charge in [-0.2, -0.15) is 0 Å². The van der Waals surface area contributed by atoms with E-state index >= 15 is 0 Å². The standard InChI is InChI=1S/C25H26FN5O4/c1-15(2)16-5-8-18(9-6-16)27-25(35)30-12-3-4-21(30)23(32)28-22-11-13-31(29-22)20-10-7-17(24(33)34)14-19(20)26/h5-11,13-15,21H,3-4,12H2,1-2H3,(H,27,35)(H,33,34)(H,28,29,32)/t21-/m1/s1. The monoisotopic (exact) mass is 479 g/mol. The first kappa shape index (κ1) is 23.9. The number of halogens is 1. The molecule has 3 N–H and O–H groups in total. The van der Waals surface area contributed by atoms with Crippen LogP contribution < -0.4 is 10.6 Å². The molecule has 3 aromatic rings. The number of nitrogens with zero attached hydrogens (tertiary/aromatic N) is 3. The van der Waals surface area contributed by atoms with Gasteiger partial charge in [0.05, 0.1) is 5.56 Å². The van der Waals surface area contributed by atoms with Crippen molar-refractivity contribution in [3.8, 4) is 5.69 Å². The maximum atomic E-state index is 14.3. The maximum Gasteiger partial charge on any atom is 0.335 e. The van der Waals surface area contributed by atoms with Crippen molar-refractivity contribution in [2.24, 2.45) is 0 Å². The topological polar surface area (TPSA) is 117 Å². The van der Waals surface area contributed by atoms with Crippen LogP contribution in [0.25, 0.3) is 5.69 Å². The van der Waals surface area contributed by atoms with Gasteiger partial charge in [-0.1, -0.05) is 26.0 Å². The lowest BCUT2D eigenvalue weighted by molar-refractivity contribution is -0.119. The van der Waals surface area contributed by atoms with Crippen molar-refractivity contribution in [1.82, 2.24) is 14.7 Å². The SMILES string of the molecule is CC(C)c1ccc(NC(=O)N2CCC[C@@H]2C(=O)Nc2ccn(-c3ccc(C(=O)O)cc3F)n2)cc1. The molecule has 9 nitrogen and oxygen atoms in total. The Bertz CT molecular complexity index is 1250. The van der Waals surface area contributed by atoms with Gasteiger partial charge in [0.15, 0.2) is 5.82 Å². The number of aromatic nitrogens is 2. The summed E-state index contributed by atoms with van der Waals surface area (Å²) in [5, 5.41) is 18.7. The number of aromatic carboxylic acids is 1. The number of hydrogen-bond acceptors (Lipinski definition) is 4. The van der Waals surface area contributed by atoms with Gasteiger partial charge in [-0.05, 0) is 54.7 Å². The number of amides is 3. The lowest BCUT2D eigenvalue weighted by Crippen LogP contribution is -2.45. The molecule has 0 saturated carbocycles. The summed E-state index contributed by atoms with van der Waals surface area (Å²) in [5.74, 6) is -1.81. The second-order valence-electron chi connectivity index (χ2n) is 8.66. The van der Waals surface area contributed by atoms with Crippen LogP contribution in [0.15, 0.2) is 54.7 Å². The van der Waals surface area contributed by atoms with Crippen LogP contribution in [0.5, 0.6) is 0 Å². The van der Waals surface area contributed by atoms with Gasteiger partial charge in [0.25, 0.3) is 0 Å². The normalized spacial score (nSPS) is 15.3. The van der Waals surface area contributed by atoms with E-state index in [1.807, 2.05) is 24.3 Å². The van der Waals surface area contributed by atoms with Gasteiger partial charge in [-0.25, -0.2) is 18.7 Å². The molecular weight excluding hydrogens is 453 g/mol. The van der Waals surface area contributed by atoms with Gasteiger partial charge < -0.3 is 20.6 Å². The molecule has 1 aromatic heterocycles. The number of likely N-dealkylation sites (tertiary alicyclic amines) is 1. The lowest BCUT2D eigenvalue weighted by atomic mass is 10.0. The Morgan fingerprint density at radius 2 is 1.83 bits per heavy atom. The molecule has 35 heavy (non-hydrogen) atoms. The Morgan fingerprint density at radius 3 is 2.49 bits per heavy atom. The van der Waals surface area contributed by atoms with Crippen molar-refractivity contribution in [2.75, 3.05) is 17.2 Å². The molecule has 2 heterocycles. The van der Waals surface area contributed by atoms with Crippen LogP contribution in [-0.2, 0) is 4.79 Å². The fourth-order valence-electron chi connectivity index (χ4n) is 3.99. The molecule has 182 valence electrons. The molecule has 0 unspecified atom stereocenters. The van der Waals surface area contributed by atoms with E-state index in [1.165, 1.54) is 39.5 Å². The van der Waals surface area contributed by atoms with E-state index < -0.39 is 17.8 Å². The average Bonchev–Trinajstić information content (AvgIpc) is 3.49. The van der Waals surface area contributed by atoms with E-state index in [1.54, 1.807) is 0 Å². The van der Waals surface area contributed by atoms with E-state index in [4.69, 9.17) is 5.11 Å². The van der Waals surface area contributed by atoms with Crippen LogP contribution in [0.2, 0.25) is 0 Å². The van der Waals surface area contributed by atoms with Gasteiger partial charge in [0.2, 0.25) is 5.91 Å². The summed E-state index contributed by atoms with van der Waals surface area (Å²) >= 11 is 0. The second-order valence-corrected chi connectivity index (χ2v) is 8.66. The minimum Gasteiger partial charge on any atom is -0.478 e. The summed E-state index contributed by atoms with van der Waals surface area (Å²) in [4.78, 5) is 38.2. The predicted octanol–water partition coefficient (Wildman–Crippen LogP) is 4.47. The van der Waals surface area contributed by atoms with Crippen molar-refractivity contribution < 1.29 is 23.9 Å². The minimum atomic E-state index is -1.23. The first-order chi connectivity index (χ1) is 16.7. The largest absolute Gasteiger partial charge is 0.478 e. The highest BCUT2D eigenvalue weighted by molar-refractivity contribution is 5.99. The molecule has 0 spiro atoms.